The van der Waals surface area contributed by atoms with Gasteiger partial charge in [0.05, 0.1) is 30.5 Å². The molecule has 1 atom stereocenters. The summed E-state index contributed by atoms with van der Waals surface area (Å²) in [6.45, 7) is 9.96. The number of H-pyrrole nitrogens is 1. The zero-order valence-electron chi connectivity index (χ0n) is 19.2. The summed E-state index contributed by atoms with van der Waals surface area (Å²) in [4.78, 5) is 44.5. The van der Waals surface area contributed by atoms with Gasteiger partial charge in [-0.3, -0.25) is 19.5 Å². The Bertz CT molecular complexity index is 1040. The molecule has 0 aliphatic carbocycles. The van der Waals surface area contributed by atoms with E-state index in [0.29, 0.717) is 37.3 Å². The van der Waals surface area contributed by atoms with Crippen LogP contribution in [0.5, 0.6) is 0 Å². The first-order valence-electron chi connectivity index (χ1n) is 11.2. The van der Waals surface area contributed by atoms with Crippen molar-refractivity contribution in [1.29, 1.82) is 0 Å². The van der Waals surface area contributed by atoms with Crippen LogP contribution in [-0.2, 0) is 9.59 Å². The maximum atomic E-state index is 13.5. The first-order valence-corrected chi connectivity index (χ1v) is 11.2. The van der Waals surface area contributed by atoms with Gasteiger partial charge in [0.15, 0.2) is 0 Å². The van der Waals surface area contributed by atoms with Gasteiger partial charge in [0.25, 0.3) is 5.91 Å². The molecule has 2 fully saturated rings. The molecule has 2 aromatic rings. The molecule has 2 aliphatic heterocycles. The number of fused-ring (bicyclic) bond motifs is 1. The van der Waals surface area contributed by atoms with Crippen LogP contribution in [0.3, 0.4) is 0 Å². The van der Waals surface area contributed by atoms with Gasteiger partial charge in [0.1, 0.15) is 6.04 Å². The van der Waals surface area contributed by atoms with E-state index < -0.39 is 6.04 Å². The van der Waals surface area contributed by atoms with Crippen molar-refractivity contribution in [2.24, 2.45) is 5.92 Å². The molecule has 170 valence electrons. The van der Waals surface area contributed by atoms with Gasteiger partial charge in [-0.25, -0.2) is 0 Å². The zero-order valence-corrected chi connectivity index (χ0v) is 19.2. The van der Waals surface area contributed by atoms with Crippen LogP contribution in [0.4, 0.5) is 0 Å². The van der Waals surface area contributed by atoms with E-state index in [1.807, 2.05) is 39.8 Å². The number of nitrogens with one attached hydrogen (secondary N) is 1. The monoisotopic (exact) mass is 437 g/mol. The van der Waals surface area contributed by atoms with Crippen molar-refractivity contribution in [2.45, 2.75) is 40.2 Å². The second-order valence-electron chi connectivity index (χ2n) is 9.30. The third kappa shape index (κ3) is 4.13. The predicted octanol–water partition coefficient (Wildman–Crippen LogP) is 2.23. The summed E-state index contributed by atoms with van der Waals surface area (Å²) in [5.41, 5.74) is 4.31. The second-order valence-corrected chi connectivity index (χ2v) is 9.30. The Hall–Kier alpha value is -3.16. The van der Waals surface area contributed by atoms with Crippen LogP contribution < -0.4 is 0 Å². The second kappa shape index (κ2) is 8.76. The largest absolute Gasteiger partial charge is 0.336 e. The van der Waals surface area contributed by atoms with E-state index in [1.54, 1.807) is 20.9 Å². The highest BCUT2D eigenvalue weighted by atomic mass is 16.2. The van der Waals surface area contributed by atoms with E-state index in [1.165, 1.54) is 0 Å². The fraction of sp³-hybridized carbons (Fsp3) is 0.500. The number of rotatable bonds is 4. The Labute approximate surface area is 188 Å². The van der Waals surface area contributed by atoms with Crippen LogP contribution in [0.1, 0.15) is 41.8 Å². The number of carbonyl (C=O) groups excluding carboxylic acids is 3. The van der Waals surface area contributed by atoms with E-state index in [0.717, 1.165) is 16.7 Å². The molecular formula is C24H31N5O3. The van der Waals surface area contributed by atoms with Crippen molar-refractivity contribution in [3.8, 4) is 11.3 Å². The topological polar surface area (TPSA) is 89.6 Å². The summed E-state index contributed by atoms with van der Waals surface area (Å²) >= 11 is 0. The lowest BCUT2D eigenvalue weighted by atomic mass is 10.00. The molecule has 0 saturated carbocycles. The average Bonchev–Trinajstić information content (AvgIpc) is 3.09. The van der Waals surface area contributed by atoms with Gasteiger partial charge >= 0.3 is 0 Å². The molecule has 3 heterocycles. The standard InChI is InChI=1S/C24H31N5O3/c1-15(2)12-28-14-21(30)29-9-5-8-27(13-20(29)24(28)32)23(31)19-11-25-26-22(19)18-7-6-16(3)10-17(18)4/h6-7,10-11,15,20H,5,8-9,12-14H2,1-4H3,(H,25,26). The van der Waals surface area contributed by atoms with Crippen molar-refractivity contribution in [3.63, 3.8) is 0 Å². The number of hydrogen-bond donors (Lipinski definition) is 1. The highest BCUT2D eigenvalue weighted by Gasteiger charge is 2.42. The first-order chi connectivity index (χ1) is 15.3. The molecule has 1 unspecified atom stereocenters. The molecule has 0 radical (unpaired) electrons. The lowest BCUT2D eigenvalue weighted by Gasteiger charge is -2.40. The number of nitrogens with zero attached hydrogens (tertiary/aromatic N) is 4. The Morgan fingerprint density at radius 2 is 2.00 bits per heavy atom. The first kappa shape index (κ1) is 22.0. The summed E-state index contributed by atoms with van der Waals surface area (Å²) in [6.07, 6.45) is 2.20. The molecule has 0 bridgehead atoms. The lowest BCUT2D eigenvalue weighted by molar-refractivity contribution is -0.156. The Kier molecular flexibility index (Phi) is 6.04. The van der Waals surface area contributed by atoms with Crippen LogP contribution in [0.25, 0.3) is 11.3 Å². The number of hydrogen-bond acceptors (Lipinski definition) is 4. The molecule has 1 aromatic carbocycles. The maximum Gasteiger partial charge on any atom is 0.257 e. The summed E-state index contributed by atoms with van der Waals surface area (Å²) in [6, 6.07) is 5.45. The Morgan fingerprint density at radius 3 is 2.72 bits per heavy atom. The molecule has 32 heavy (non-hydrogen) atoms. The third-order valence-electron chi connectivity index (χ3n) is 6.23. The fourth-order valence-electron chi connectivity index (χ4n) is 4.74. The summed E-state index contributed by atoms with van der Waals surface area (Å²) in [5.74, 6) is -0.00603. The Balaban J connectivity index is 1.60. The highest BCUT2D eigenvalue weighted by molar-refractivity contribution is 6.01. The molecule has 0 spiro atoms. The molecular weight excluding hydrogens is 406 g/mol. The number of piperazine rings is 1. The normalized spacial score (nSPS) is 19.4. The quantitative estimate of drug-likeness (QED) is 0.794. The fourth-order valence-corrected chi connectivity index (χ4v) is 4.74. The van der Waals surface area contributed by atoms with Crippen LogP contribution in [0.2, 0.25) is 0 Å². The summed E-state index contributed by atoms with van der Waals surface area (Å²) in [7, 11) is 0. The molecule has 4 rings (SSSR count). The number of carbonyl (C=O) groups is 3. The number of benzene rings is 1. The summed E-state index contributed by atoms with van der Waals surface area (Å²) < 4.78 is 0. The van der Waals surface area contributed by atoms with Gasteiger partial charge in [-0.05, 0) is 31.7 Å². The van der Waals surface area contributed by atoms with E-state index in [4.69, 9.17) is 0 Å². The van der Waals surface area contributed by atoms with Gasteiger partial charge in [-0.15, -0.1) is 0 Å². The molecule has 1 N–H and O–H groups in total. The highest BCUT2D eigenvalue weighted by Crippen LogP contribution is 2.27. The number of aromatic amines is 1. The lowest BCUT2D eigenvalue weighted by Crippen LogP contribution is -2.62. The van der Waals surface area contributed by atoms with Gasteiger partial charge in [0, 0.05) is 25.2 Å². The number of aromatic nitrogens is 2. The van der Waals surface area contributed by atoms with Crippen molar-refractivity contribution in [3.05, 3.63) is 41.1 Å². The smallest absolute Gasteiger partial charge is 0.257 e. The molecule has 8 heteroatoms. The van der Waals surface area contributed by atoms with Crippen molar-refractivity contribution in [2.75, 3.05) is 32.7 Å². The molecule has 3 amide bonds. The van der Waals surface area contributed by atoms with Crippen molar-refractivity contribution >= 4 is 17.7 Å². The van der Waals surface area contributed by atoms with Crippen LogP contribution in [-0.4, -0.2) is 81.4 Å². The molecule has 2 aliphatic rings. The molecule has 1 aromatic heterocycles. The predicted molar refractivity (Wildman–Crippen MR) is 121 cm³/mol. The SMILES string of the molecule is Cc1ccc(-c2[nH]ncc2C(=O)N2CCCN3C(=O)CN(CC(C)C)C(=O)C3C2)c(C)c1. The Morgan fingerprint density at radius 1 is 1.22 bits per heavy atom. The van der Waals surface area contributed by atoms with E-state index in [9.17, 15) is 14.4 Å². The van der Waals surface area contributed by atoms with Crippen molar-refractivity contribution < 1.29 is 14.4 Å². The maximum absolute atomic E-state index is 13.5. The summed E-state index contributed by atoms with van der Waals surface area (Å²) in [5, 5.41) is 7.12. The molecule has 8 nitrogen and oxygen atoms in total. The number of amides is 3. The van der Waals surface area contributed by atoms with Gasteiger partial charge in [-0.1, -0.05) is 37.6 Å². The van der Waals surface area contributed by atoms with Crippen LogP contribution >= 0.6 is 0 Å². The van der Waals surface area contributed by atoms with Crippen LogP contribution in [0.15, 0.2) is 24.4 Å². The van der Waals surface area contributed by atoms with E-state index >= 15 is 0 Å². The minimum atomic E-state index is -0.627. The number of aryl methyl sites for hydroxylation is 2. The van der Waals surface area contributed by atoms with Gasteiger partial charge in [-0.2, -0.15) is 5.10 Å². The molecule has 2 saturated heterocycles. The van der Waals surface area contributed by atoms with Crippen molar-refractivity contribution in [1.82, 2.24) is 24.9 Å². The van der Waals surface area contributed by atoms with E-state index in [-0.39, 0.29) is 36.7 Å². The average molecular weight is 438 g/mol. The third-order valence-corrected chi connectivity index (χ3v) is 6.23. The minimum absolute atomic E-state index is 0.0381. The van der Waals surface area contributed by atoms with E-state index in [2.05, 4.69) is 16.3 Å². The van der Waals surface area contributed by atoms with Gasteiger partial charge in [0.2, 0.25) is 11.8 Å². The zero-order chi connectivity index (χ0) is 23.0. The minimum Gasteiger partial charge on any atom is -0.336 e. The van der Waals surface area contributed by atoms with Gasteiger partial charge < -0.3 is 14.7 Å². The van der Waals surface area contributed by atoms with Crippen LogP contribution in [0, 0.1) is 19.8 Å².